The molecule has 0 bridgehead atoms. The summed E-state index contributed by atoms with van der Waals surface area (Å²) in [6.07, 6.45) is 0.877. The van der Waals surface area contributed by atoms with E-state index in [1.165, 1.54) is 12.1 Å². The van der Waals surface area contributed by atoms with E-state index in [0.717, 1.165) is 21.2 Å². The zero-order valence-corrected chi connectivity index (χ0v) is 20.7. The Kier molecular flexibility index (Phi) is 7.04. The number of hydrogen-bond donors (Lipinski definition) is 1. The first-order valence-electron chi connectivity index (χ1n) is 11.3. The van der Waals surface area contributed by atoms with Crippen molar-refractivity contribution in [2.24, 2.45) is 0 Å². The number of hydrogen-bond acceptors (Lipinski definition) is 6. The van der Waals surface area contributed by atoms with Crippen LogP contribution in [0.3, 0.4) is 0 Å². The van der Waals surface area contributed by atoms with Crippen LogP contribution in [0.4, 0.5) is 5.69 Å². The van der Waals surface area contributed by atoms with Crippen molar-refractivity contribution >= 4 is 27.6 Å². The van der Waals surface area contributed by atoms with Gasteiger partial charge < -0.3 is 10.1 Å². The summed E-state index contributed by atoms with van der Waals surface area (Å²) in [4.78, 5) is 25.4. The molecule has 1 aliphatic heterocycles. The fraction of sp³-hybridized carbons (Fsp3) is 0.320. The summed E-state index contributed by atoms with van der Waals surface area (Å²) in [5.74, 6) is -1.26. The van der Waals surface area contributed by atoms with Gasteiger partial charge in [0.2, 0.25) is 10.0 Å². The molecule has 0 spiro atoms. The number of amides is 1. The first-order valence-corrected chi connectivity index (χ1v) is 12.8. The lowest BCUT2D eigenvalue weighted by Crippen LogP contribution is -2.42. The van der Waals surface area contributed by atoms with Gasteiger partial charge in [-0.25, -0.2) is 13.1 Å². The minimum absolute atomic E-state index is 0.127. The average Bonchev–Trinajstić information content (AvgIpc) is 3.45. The van der Waals surface area contributed by atoms with Gasteiger partial charge >= 0.3 is 5.97 Å². The zero-order valence-electron chi connectivity index (χ0n) is 19.9. The van der Waals surface area contributed by atoms with Crippen molar-refractivity contribution in [2.75, 3.05) is 18.5 Å². The molecule has 2 aromatic carbocycles. The van der Waals surface area contributed by atoms with Crippen molar-refractivity contribution in [3.8, 4) is 5.69 Å². The van der Waals surface area contributed by atoms with Crippen LogP contribution in [0.15, 0.2) is 59.5 Å². The number of anilines is 1. The van der Waals surface area contributed by atoms with Crippen LogP contribution in [0.2, 0.25) is 0 Å². The van der Waals surface area contributed by atoms with Crippen LogP contribution < -0.4 is 5.32 Å². The van der Waals surface area contributed by atoms with E-state index in [9.17, 15) is 18.0 Å². The highest BCUT2D eigenvalue weighted by molar-refractivity contribution is 7.89. The Labute approximate surface area is 204 Å². The minimum atomic E-state index is -3.85. The van der Waals surface area contributed by atoms with Crippen molar-refractivity contribution in [1.82, 2.24) is 14.1 Å². The second-order valence-corrected chi connectivity index (χ2v) is 10.4. The Bertz CT molecular complexity index is 1330. The van der Waals surface area contributed by atoms with E-state index in [4.69, 9.17) is 4.74 Å². The Balaban J connectivity index is 1.40. The number of aryl methyl sites for hydroxylation is 2. The Morgan fingerprint density at radius 3 is 2.43 bits per heavy atom. The van der Waals surface area contributed by atoms with E-state index < -0.39 is 34.5 Å². The van der Waals surface area contributed by atoms with Crippen molar-refractivity contribution < 1.29 is 22.7 Å². The molecule has 1 saturated heterocycles. The smallest absolute Gasteiger partial charge is 0.324 e. The van der Waals surface area contributed by atoms with Crippen molar-refractivity contribution in [2.45, 2.75) is 44.6 Å². The van der Waals surface area contributed by atoms with E-state index in [1.807, 2.05) is 44.2 Å². The number of para-hydroxylation sites is 1. The molecule has 1 amide bonds. The Morgan fingerprint density at radius 2 is 1.74 bits per heavy atom. The lowest BCUT2D eigenvalue weighted by Gasteiger charge is -2.22. The fourth-order valence-corrected chi connectivity index (χ4v) is 5.81. The van der Waals surface area contributed by atoms with Crippen LogP contribution in [0.25, 0.3) is 5.69 Å². The van der Waals surface area contributed by atoms with E-state index in [0.29, 0.717) is 24.2 Å². The lowest BCUT2D eigenvalue weighted by atomic mass is 10.2. The van der Waals surface area contributed by atoms with Crippen LogP contribution >= 0.6 is 0 Å². The normalized spacial score (nSPS) is 16.3. The highest BCUT2D eigenvalue weighted by atomic mass is 32.2. The molecular weight excluding hydrogens is 468 g/mol. The Morgan fingerprint density at radius 1 is 1.06 bits per heavy atom. The minimum Gasteiger partial charge on any atom is -0.454 e. The predicted molar refractivity (Wildman–Crippen MR) is 131 cm³/mol. The van der Waals surface area contributed by atoms with E-state index in [1.54, 1.807) is 23.7 Å². The molecule has 9 nitrogen and oxygen atoms in total. The van der Waals surface area contributed by atoms with Crippen LogP contribution in [0, 0.1) is 20.8 Å². The van der Waals surface area contributed by atoms with E-state index >= 15 is 0 Å². The summed E-state index contributed by atoms with van der Waals surface area (Å²) in [5.41, 5.74) is 3.69. The van der Waals surface area contributed by atoms with Gasteiger partial charge in [0.1, 0.15) is 6.04 Å². The van der Waals surface area contributed by atoms with Gasteiger partial charge in [0.25, 0.3) is 5.91 Å². The molecular formula is C25H28N4O5S. The number of nitrogens with zero attached hydrogens (tertiary/aromatic N) is 3. The summed E-state index contributed by atoms with van der Waals surface area (Å²) >= 11 is 0. The molecule has 1 aliphatic rings. The maximum absolute atomic E-state index is 13.1. The second-order valence-electron chi connectivity index (χ2n) is 8.54. The molecule has 184 valence electrons. The predicted octanol–water partition coefficient (Wildman–Crippen LogP) is 3.13. The molecule has 0 unspecified atom stereocenters. The molecule has 4 rings (SSSR count). The monoisotopic (exact) mass is 496 g/mol. The molecule has 0 radical (unpaired) electrons. The number of carbonyl (C=O) groups excluding carboxylic acids is 2. The third-order valence-corrected chi connectivity index (χ3v) is 7.93. The maximum atomic E-state index is 13.1. The highest BCUT2D eigenvalue weighted by Gasteiger charge is 2.40. The summed E-state index contributed by atoms with van der Waals surface area (Å²) in [6, 6.07) is 15.0. The highest BCUT2D eigenvalue weighted by Crippen LogP contribution is 2.27. The lowest BCUT2D eigenvalue weighted by molar-refractivity contribution is -0.150. The maximum Gasteiger partial charge on any atom is 0.324 e. The SMILES string of the molecule is Cc1ccc(S(=O)(=O)N2CCC[C@H]2C(=O)OCC(=O)Nc2c(C)nn(-c3ccccc3)c2C)cc1. The molecule has 3 aromatic rings. The van der Waals surface area contributed by atoms with Crippen molar-refractivity contribution in [3.05, 3.63) is 71.5 Å². The standard InChI is InChI=1S/C25H28N4O5S/c1-17-11-13-21(14-12-17)35(32,33)28-15-7-10-22(28)25(31)34-16-23(30)26-24-18(2)27-29(19(24)3)20-8-5-4-6-9-20/h4-6,8-9,11-14,22H,7,10,15-16H2,1-3H3,(H,26,30)/t22-/m0/s1. The zero-order chi connectivity index (χ0) is 25.2. The molecule has 1 N–H and O–H groups in total. The van der Waals surface area contributed by atoms with Crippen LogP contribution in [0.5, 0.6) is 0 Å². The van der Waals surface area contributed by atoms with Crippen molar-refractivity contribution in [3.63, 3.8) is 0 Å². The van der Waals surface area contributed by atoms with Gasteiger partial charge in [-0.15, -0.1) is 0 Å². The second kappa shape index (κ2) is 10.0. The first kappa shape index (κ1) is 24.6. The molecule has 1 aromatic heterocycles. The number of rotatable bonds is 7. The Hall–Kier alpha value is -3.50. The molecule has 0 aliphatic carbocycles. The number of sulfonamides is 1. The molecule has 1 atom stereocenters. The number of benzene rings is 2. The third kappa shape index (κ3) is 5.13. The molecule has 0 saturated carbocycles. The first-order chi connectivity index (χ1) is 16.7. The fourth-order valence-electron chi connectivity index (χ4n) is 4.16. The number of nitrogens with one attached hydrogen (secondary N) is 1. The van der Waals surface area contributed by atoms with Crippen LogP contribution in [0.1, 0.15) is 29.8 Å². The van der Waals surface area contributed by atoms with E-state index in [-0.39, 0.29) is 11.4 Å². The topological polar surface area (TPSA) is 111 Å². The number of ether oxygens (including phenoxy) is 1. The molecule has 35 heavy (non-hydrogen) atoms. The number of aromatic nitrogens is 2. The van der Waals surface area contributed by atoms with Gasteiger partial charge in [-0.05, 0) is 57.9 Å². The summed E-state index contributed by atoms with van der Waals surface area (Å²) in [6.45, 7) is 5.18. The van der Waals surface area contributed by atoms with Gasteiger partial charge in [0, 0.05) is 6.54 Å². The molecule has 2 heterocycles. The molecule has 10 heteroatoms. The summed E-state index contributed by atoms with van der Waals surface area (Å²) < 4.78 is 34.2. The summed E-state index contributed by atoms with van der Waals surface area (Å²) in [5, 5.41) is 7.24. The van der Waals surface area contributed by atoms with E-state index in [2.05, 4.69) is 10.4 Å². The molecule has 1 fully saturated rings. The number of carbonyl (C=O) groups is 2. The quantitative estimate of drug-likeness (QED) is 0.503. The number of esters is 1. The van der Waals surface area contributed by atoms with Crippen LogP contribution in [-0.2, 0) is 24.3 Å². The van der Waals surface area contributed by atoms with Crippen LogP contribution in [-0.4, -0.2) is 53.6 Å². The van der Waals surface area contributed by atoms with Gasteiger partial charge in [-0.1, -0.05) is 35.9 Å². The average molecular weight is 497 g/mol. The van der Waals surface area contributed by atoms with Crippen molar-refractivity contribution in [1.29, 1.82) is 0 Å². The third-order valence-electron chi connectivity index (χ3n) is 6.01. The van der Waals surface area contributed by atoms with Gasteiger partial charge in [-0.3, -0.25) is 9.59 Å². The van der Waals surface area contributed by atoms with Gasteiger partial charge in [0.15, 0.2) is 6.61 Å². The van der Waals surface area contributed by atoms with Gasteiger partial charge in [0.05, 0.1) is 27.7 Å². The largest absolute Gasteiger partial charge is 0.454 e. The summed E-state index contributed by atoms with van der Waals surface area (Å²) in [7, 11) is -3.85. The van der Waals surface area contributed by atoms with Gasteiger partial charge in [-0.2, -0.15) is 9.40 Å².